The third-order valence-corrected chi connectivity index (χ3v) is 3.45. The van der Waals surface area contributed by atoms with Crippen LogP contribution in [0.5, 0.6) is 0 Å². The zero-order valence-electron chi connectivity index (χ0n) is 13.2. The summed E-state index contributed by atoms with van der Waals surface area (Å²) in [6, 6.07) is 0. The molecule has 2 heterocycles. The van der Waals surface area contributed by atoms with Crippen molar-refractivity contribution < 1.29 is 19.4 Å². The van der Waals surface area contributed by atoms with Gasteiger partial charge in [0, 0.05) is 25.4 Å². The Hall–Kier alpha value is -2.31. The van der Waals surface area contributed by atoms with E-state index in [1.807, 2.05) is 0 Å². The molecule has 0 saturated heterocycles. The zero-order valence-corrected chi connectivity index (χ0v) is 13.2. The van der Waals surface area contributed by atoms with Crippen molar-refractivity contribution >= 4 is 12.1 Å². The lowest BCUT2D eigenvalue weighted by Crippen LogP contribution is -2.42. The van der Waals surface area contributed by atoms with Gasteiger partial charge in [-0.2, -0.15) is 0 Å². The van der Waals surface area contributed by atoms with Crippen molar-refractivity contribution in [3.63, 3.8) is 0 Å². The molecule has 1 aromatic heterocycles. The number of hydrogen-bond donors (Lipinski definition) is 1. The highest BCUT2D eigenvalue weighted by Gasteiger charge is 2.30. The maximum Gasteiger partial charge on any atom is 0.410 e. The van der Waals surface area contributed by atoms with Crippen molar-refractivity contribution in [1.82, 2.24) is 9.47 Å². The number of aromatic nitrogens is 1. The van der Waals surface area contributed by atoms with E-state index in [0.29, 0.717) is 24.1 Å². The largest absolute Gasteiger partial charge is 0.478 e. The number of carbonyl (C=O) groups excluding carboxylic acids is 1. The summed E-state index contributed by atoms with van der Waals surface area (Å²) in [6.07, 6.45) is 1.11. The number of ether oxygens (including phenoxy) is 1. The first-order chi connectivity index (χ1) is 10.1. The van der Waals surface area contributed by atoms with E-state index < -0.39 is 17.7 Å². The molecule has 1 N–H and O–H groups in total. The normalized spacial score (nSPS) is 14.5. The summed E-state index contributed by atoms with van der Waals surface area (Å²) in [4.78, 5) is 37.1. The molecule has 0 saturated carbocycles. The molecule has 0 aromatic carbocycles. The van der Waals surface area contributed by atoms with Crippen molar-refractivity contribution in [3.8, 4) is 0 Å². The molecule has 0 fully saturated rings. The number of hydrogen-bond acceptors (Lipinski definition) is 4. The third-order valence-electron chi connectivity index (χ3n) is 3.45. The maximum absolute atomic E-state index is 12.1. The standard InChI is InChI=1S/C15H20N2O5/c1-15(2,3)22-14(21)17-6-5-9-10(8-17)11(13(19)20)7-16(4)12(9)18/h7H,5-6,8H2,1-4H3,(H,19,20). The van der Waals surface area contributed by atoms with Crippen LogP contribution in [0.4, 0.5) is 4.79 Å². The minimum atomic E-state index is -1.11. The van der Waals surface area contributed by atoms with Gasteiger partial charge in [-0.05, 0) is 32.8 Å². The van der Waals surface area contributed by atoms with Gasteiger partial charge in [0.2, 0.25) is 0 Å². The van der Waals surface area contributed by atoms with Gasteiger partial charge < -0.3 is 19.3 Å². The molecule has 7 heteroatoms. The van der Waals surface area contributed by atoms with Gasteiger partial charge in [0.05, 0.1) is 12.1 Å². The average molecular weight is 308 g/mol. The topological polar surface area (TPSA) is 88.8 Å². The lowest BCUT2D eigenvalue weighted by atomic mass is 9.97. The van der Waals surface area contributed by atoms with E-state index in [4.69, 9.17) is 4.74 Å². The second-order valence-corrected chi connectivity index (χ2v) is 6.37. The van der Waals surface area contributed by atoms with Crippen LogP contribution in [0.1, 0.15) is 42.3 Å². The Morgan fingerprint density at radius 3 is 2.45 bits per heavy atom. The predicted molar refractivity (Wildman–Crippen MR) is 79.0 cm³/mol. The quantitative estimate of drug-likeness (QED) is 0.846. The fraction of sp³-hybridized carbons (Fsp3) is 0.533. The van der Waals surface area contributed by atoms with Crippen molar-refractivity contribution in [3.05, 3.63) is 33.2 Å². The van der Waals surface area contributed by atoms with Gasteiger partial charge in [0.25, 0.3) is 5.56 Å². The predicted octanol–water partition coefficient (Wildman–Crippen LogP) is 1.38. The number of rotatable bonds is 1. The summed E-state index contributed by atoms with van der Waals surface area (Å²) in [5.41, 5.74) is 0.0592. The first-order valence-corrected chi connectivity index (χ1v) is 7.03. The Labute approximate surface area is 128 Å². The number of pyridine rings is 1. The highest BCUT2D eigenvalue weighted by molar-refractivity contribution is 5.89. The molecule has 0 radical (unpaired) electrons. The van der Waals surface area contributed by atoms with Gasteiger partial charge in [-0.15, -0.1) is 0 Å². The van der Waals surface area contributed by atoms with E-state index in [0.717, 1.165) is 0 Å². The van der Waals surface area contributed by atoms with Crippen LogP contribution >= 0.6 is 0 Å². The van der Waals surface area contributed by atoms with Gasteiger partial charge in [-0.1, -0.05) is 0 Å². The highest BCUT2D eigenvalue weighted by Crippen LogP contribution is 2.22. The molecule has 0 unspecified atom stereocenters. The number of carboxylic acids is 1. The molecule has 22 heavy (non-hydrogen) atoms. The average Bonchev–Trinajstić information content (AvgIpc) is 2.40. The Morgan fingerprint density at radius 1 is 1.27 bits per heavy atom. The second kappa shape index (κ2) is 5.47. The molecule has 1 aliphatic heterocycles. The molecule has 7 nitrogen and oxygen atoms in total. The summed E-state index contributed by atoms with van der Waals surface area (Å²) in [5, 5.41) is 9.32. The van der Waals surface area contributed by atoms with Crippen molar-refractivity contribution in [2.75, 3.05) is 6.54 Å². The minimum Gasteiger partial charge on any atom is -0.478 e. The lowest BCUT2D eigenvalue weighted by molar-refractivity contribution is 0.0220. The summed E-state index contributed by atoms with van der Waals surface area (Å²) in [5.74, 6) is -1.11. The van der Waals surface area contributed by atoms with Crippen LogP contribution in [0, 0.1) is 0 Å². The van der Waals surface area contributed by atoms with Crippen LogP contribution in [0.3, 0.4) is 0 Å². The Kier molecular flexibility index (Phi) is 4.00. The maximum atomic E-state index is 12.1. The third kappa shape index (κ3) is 3.13. The van der Waals surface area contributed by atoms with Crippen LogP contribution in [0.2, 0.25) is 0 Å². The number of nitrogens with zero attached hydrogens (tertiary/aromatic N) is 2. The molecule has 1 amide bonds. The van der Waals surface area contributed by atoms with E-state index in [1.165, 1.54) is 22.7 Å². The van der Waals surface area contributed by atoms with E-state index in [2.05, 4.69) is 0 Å². The number of aryl methyl sites for hydroxylation is 1. The molecule has 0 atom stereocenters. The molecule has 0 spiro atoms. The molecule has 1 aromatic rings. The van der Waals surface area contributed by atoms with Gasteiger partial charge in [0.15, 0.2) is 0 Å². The molecule has 120 valence electrons. The van der Waals surface area contributed by atoms with Crippen LogP contribution in [0.15, 0.2) is 11.0 Å². The molecule has 0 aliphatic carbocycles. The number of amides is 1. The van der Waals surface area contributed by atoms with Crippen LogP contribution in [-0.2, 0) is 24.8 Å². The lowest BCUT2D eigenvalue weighted by Gasteiger charge is -2.31. The van der Waals surface area contributed by atoms with Gasteiger partial charge in [-0.3, -0.25) is 4.79 Å². The van der Waals surface area contributed by atoms with Gasteiger partial charge in [0.1, 0.15) is 5.60 Å². The Balaban J connectivity index is 2.38. The van der Waals surface area contributed by atoms with Crippen LogP contribution < -0.4 is 5.56 Å². The smallest absolute Gasteiger partial charge is 0.410 e. The number of fused-ring (bicyclic) bond motifs is 1. The van der Waals surface area contributed by atoms with Gasteiger partial charge >= 0.3 is 12.1 Å². The first kappa shape index (κ1) is 16.1. The Morgan fingerprint density at radius 2 is 1.91 bits per heavy atom. The number of carboxylic acid groups (broad SMARTS) is 1. The number of aromatic carboxylic acids is 1. The Bertz CT molecular complexity index is 684. The van der Waals surface area contributed by atoms with Crippen molar-refractivity contribution in [1.29, 1.82) is 0 Å². The summed E-state index contributed by atoms with van der Waals surface area (Å²) >= 11 is 0. The SMILES string of the molecule is Cn1cc(C(=O)O)c2c(c1=O)CCN(C(=O)OC(C)(C)C)C2. The summed E-state index contributed by atoms with van der Waals surface area (Å²) in [6.45, 7) is 5.70. The van der Waals surface area contributed by atoms with E-state index in [1.54, 1.807) is 20.8 Å². The molecular formula is C15H20N2O5. The minimum absolute atomic E-state index is 0.0466. The van der Waals surface area contributed by atoms with E-state index >= 15 is 0 Å². The number of carbonyl (C=O) groups is 2. The molecular weight excluding hydrogens is 288 g/mol. The van der Waals surface area contributed by atoms with Crippen molar-refractivity contribution in [2.24, 2.45) is 7.05 Å². The van der Waals surface area contributed by atoms with E-state index in [9.17, 15) is 19.5 Å². The van der Waals surface area contributed by atoms with Crippen molar-refractivity contribution in [2.45, 2.75) is 39.3 Å². The molecule has 0 bridgehead atoms. The monoisotopic (exact) mass is 308 g/mol. The van der Waals surface area contributed by atoms with Crippen LogP contribution in [-0.4, -0.2) is 38.8 Å². The fourth-order valence-electron chi connectivity index (χ4n) is 2.46. The fourth-order valence-corrected chi connectivity index (χ4v) is 2.46. The zero-order chi connectivity index (χ0) is 16.7. The first-order valence-electron chi connectivity index (χ1n) is 7.03. The van der Waals surface area contributed by atoms with E-state index in [-0.39, 0.29) is 17.7 Å². The van der Waals surface area contributed by atoms with Crippen LogP contribution in [0.25, 0.3) is 0 Å². The highest BCUT2D eigenvalue weighted by atomic mass is 16.6. The summed E-state index contributed by atoms with van der Waals surface area (Å²) < 4.78 is 6.57. The second-order valence-electron chi connectivity index (χ2n) is 6.37. The molecule has 1 aliphatic rings. The van der Waals surface area contributed by atoms with Gasteiger partial charge in [-0.25, -0.2) is 9.59 Å². The molecule has 2 rings (SSSR count). The summed E-state index contributed by atoms with van der Waals surface area (Å²) in [7, 11) is 1.52.